The van der Waals surface area contributed by atoms with Crippen molar-refractivity contribution in [2.75, 3.05) is 9.80 Å². The summed E-state index contributed by atoms with van der Waals surface area (Å²) in [5.41, 5.74) is 11.2. The Morgan fingerprint density at radius 3 is 1.99 bits per heavy atom. The number of aromatic nitrogens is 2. The number of hydrogen-bond acceptors (Lipinski definition) is 5. The van der Waals surface area contributed by atoms with Crippen molar-refractivity contribution < 1.29 is 34.6 Å². The van der Waals surface area contributed by atoms with Gasteiger partial charge in [-0.1, -0.05) is 106 Å². The first-order valence-corrected chi connectivity index (χ1v) is 23.7. The minimum absolute atomic E-state index is 0. The fourth-order valence-corrected chi connectivity index (χ4v) is 11.1. The van der Waals surface area contributed by atoms with Crippen molar-refractivity contribution in [3.05, 3.63) is 212 Å². The molecule has 1 aliphatic heterocycles. The summed E-state index contributed by atoms with van der Waals surface area (Å²) in [6, 6.07) is 61.3. The van der Waals surface area contributed by atoms with Gasteiger partial charge in [0.2, 0.25) is 0 Å². The molecule has 0 fully saturated rings. The maximum atomic E-state index is 14.6. The normalized spacial score (nSPS) is 12.5. The maximum absolute atomic E-state index is 14.6. The van der Waals surface area contributed by atoms with Crippen LogP contribution in [0.2, 0.25) is 0 Å². The van der Waals surface area contributed by atoms with Crippen LogP contribution in [0.1, 0.15) is 50.7 Å². The van der Waals surface area contributed by atoms with Crippen LogP contribution in [0.3, 0.4) is 0 Å². The van der Waals surface area contributed by atoms with E-state index in [4.69, 9.17) is 9.72 Å². The molecular formula is C60H43F2N4OPtS-3. The molecule has 69 heavy (non-hydrogen) atoms. The Hall–Kier alpha value is -7.12. The van der Waals surface area contributed by atoms with Crippen molar-refractivity contribution in [1.82, 2.24) is 9.55 Å². The molecule has 0 bridgehead atoms. The SMILES string of the molecule is CC(C)c1cc(-c2cc(F)cc(F)c2)cc(C(C)C)c1N1[CH-]N(c2[c-]c(Oc3[c-]c4c(cc3)c3ccccc3n4-c3ccccn3)cc(-c3cccc4c3sc3ccccc34)c2)c2ccccc21.[Pt]. The monoisotopic (exact) mass is 1100 g/mol. The molecule has 5 nitrogen and oxygen atoms in total. The number of thiophene rings is 1. The smallest absolute Gasteiger partial charge is 0.135 e. The molecule has 0 atom stereocenters. The van der Waals surface area contributed by atoms with Crippen molar-refractivity contribution in [2.24, 2.45) is 0 Å². The fraction of sp³-hybridized carbons (Fsp3) is 0.100. The number of para-hydroxylation sites is 3. The number of ether oxygens (including phenoxy) is 1. The van der Waals surface area contributed by atoms with E-state index < -0.39 is 11.6 Å². The van der Waals surface area contributed by atoms with Gasteiger partial charge in [0.25, 0.3) is 0 Å². The Balaban J connectivity index is 0.00000520. The summed E-state index contributed by atoms with van der Waals surface area (Å²) in [4.78, 5) is 9.19. The van der Waals surface area contributed by atoms with Crippen LogP contribution in [-0.2, 0) is 21.1 Å². The molecule has 1 aliphatic rings. The molecule has 0 N–H and O–H groups in total. The van der Waals surface area contributed by atoms with Gasteiger partial charge in [0.05, 0.1) is 0 Å². The van der Waals surface area contributed by atoms with Crippen LogP contribution in [-0.4, -0.2) is 9.55 Å². The largest absolute Gasteiger partial charge is 0.509 e. The number of hydrogen-bond donors (Lipinski definition) is 0. The molecule has 9 heteroatoms. The maximum Gasteiger partial charge on any atom is 0.135 e. The summed E-state index contributed by atoms with van der Waals surface area (Å²) < 4.78 is 40.8. The Kier molecular flexibility index (Phi) is 11.4. The molecule has 0 aliphatic carbocycles. The summed E-state index contributed by atoms with van der Waals surface area (Å²) in [5.74, 6) is 0.838. The van der Waals surface area contributed by atoms with Gasteiger partial charge in [0.1, 0.15) is 17.5 Å². The third kappa shape index (κ3) is 7.76. The average molecular weight is 1100 g/mol. The van der Waals surface area contributed by atoms with Crippen LogP contribution in [0.5, 0.6) is 11.5 Å². The number of rotatable bonds is 9. The summed E-state index contributed by atoms with van der Waals surface area (Å²) in [7, 11) is 0. The summed E-state index contributed by atoms with van der Waals surface area (Å²) >= 11 is 1.79. The number of fused-ring (bicyclic) bond motifs is 7. The van der Waals surface area contributed by atoms with E-state index in [0.717, 1.165) is 84.3 Å². The van der Waals surface area contributed by atoms with Crippen molar-refractivity contribution >= 4 is 76.1 Å². The van der Waals surface area contributed by atoms with Crippen LogP contribution >= 0.6 is 11.3 Å². The molecule has 11 aromatic rings. The summed E-state index contributed by atoms with van der Waals surface area (Å²) in [6.45, 7) is 10.8. The zero-order valence-corrected chi connectivity index (χ0v) is 41.2. The Bertz CT molecular complexity index is 3720. The summed E-state index contributed by atoms with van der Waals surface area (Å²) in [5, 5.41) is 4.59. The van der Waals surface area contributed by atoms with Crippen molar-refractivity contribution in [3.63, 3.8) is 0 Å². The number of anilines is 4. The molecule has 342 valence electrons. The number of nitrogens with zero attached hydrogens (tertiary/aromatic N) is 4. The molecule has 8 aromatic carbocycles. The molecule has 0 saturated heterocycles. The second kappa shape index (κ2) is 17.8. The number of pyridine rings is 1. The van der Waals surface area contributed by atoms with Crippen molar-refractivity contribution in [3.8, 4) is 39.6 Å². The van der Waals surface area contributed by atoms with Gasteiger partial charge in [-0.3, -0.25) is 0 Å². The van der Waals surface area contributed by atoms with E-state index in [1.165, 1.54) is 32.3 Å². The van der Waals surface area contributed by atoms with Crippen LogP contribution in [0.25, 0.3) is 70.0 Å². The molecular weight excluding hydrogens is 1060 g/mol. The molecule has 0 unspecified atom stereocenters. The second-order valence-electron chi connectivity index (χ2n) is 17.9. The van der Waals surface area contributed by atoms with Gasteiger partial charge >= 0.3 is 0 Å². The minimum Gasteiger partial charge on any atom is -0.509 e. The molecule has 0 radical (unpaired) electrons. The van der Waals surface area contributed by atoms with Gasteiger partial charge in [0.15, 0.2) is 0 Å². The van der Waals surface area contributed by atoms with Gasteiger partial charge in [-0.25, -0.2) is 13.8 Å². The predicted molar refractivity (Wildman–Crippen MR) is 276 cm³/mol. The second-order valence-corrected chi connectivity index (χ2v) is 19.0. The third-order valence-corrected chi connectivity index (χ3v) is 14.2. The number of halogens is 2. The topological polar surface area (TPSA) is 33.5 Å². The Morgan fingerprint density at radius 1 is 0.580 bits per heavy atom. The van der Waals surface area contributed by atoms with E-state index in [-0.39, 0.29) is 32.9 Å². The Labute approximate surface area is 418 Å². The van der Waals surface area contributed by atoms with E-state index >= 15 is 0 Å². The van der Waals surface area contributed by atoms with Crippen molar-refractivity contribution in [2.45, 2.75) is 39.5 Å². The van der Waals surface area contributed by atoms with Crippen LogP contribution in [0.4, 0.5) is 31.5 Å². The molecule has 0 saturated carbocycles. The number of benzene rings is 8. The van der Waals surface area contributed by atoms with E-state index in [9.17, 15) is 8.78 Å². The van der Waals surface area contributed by atoms with Gasteiger partial charge in [-0.15, -0.1) is 65.0 Å². The molecule has 4 heterocycles. The first-order valence-electron chi connectivity index (χ1n) is 22.9. The van der Waals surface area contributed by atoms with Gasteiger partial charge in [-0.2, -0.15) is 6.07 Å². The van der Waals surface area contributed by atoms with E-state index in [2.05, 4.69) is 176 Å². The van der Waals surface area contributed by atoms with E-state index in [1.807, 2.05) is 36.5 Å². The van der Waals surface area contributed by atoms with E-state index in [1.54, 1.807) is 11.3 Å². The predicted octanol–water partition coefficient (Wildman–Crippen LogP) is 17.2. The zero-order valence-electron chi connectivity index (χ0n) is 38.1. The fourth-order valence-electron chi connectivity index (χ4n) is 9.83. The van der Waals surface area contributed by atoms with Crippen LogP contribution < -0.4 is 14.5 Å². The first kappa shape index (κ1) is 44.4. The van der Waals surface area contributed by atoms with Crippen molar-refractivity contribution in [1.29, 1.82) is 0 Å². The van der Waals surface area contributed by atoms with Crippen LogP contribution in [0.15, 0.2) is 170 Å². The molecule has 3 aromatic heterocycles. The summed E-state index contributed by atoms with van der Waals surface area (Å²) in [6.07, 6.45) is 1.81. The third-order valence-electron chi connectivity index (χ3n) is 12.9. The first-order chi connectivity index (χ1) is 33.2. The molecule has 0 spiro atoms. The Morgan fingerprint density at radius 2 is 1.25 bits per heavy atom. The zero-order chi connectivity index (χ0) is 46.2. The molecule has 12 rings (SSSR count). The quantitative estimate of drug-likeness (QED) is 0.135. The standard InChI is InChI=1S/C60H43F2N4OS.Pt/c1-36(2)51-30-39(38-26-41(61)32-42(62)27-38)31-52(37(3)4)59(51)65-35-64(54-19-8-9-20-55(54)65)43-28-40(46-16-13-17-50-49-15-6-10-21-57(49)68-60(46)50)29-45(33-43)67-44-23-24-48-47-14-5-7-18-53(47)66(56(48)34-44)58-22-11-12-25-63-58;/h5-32,35-37H,1-4H3;/q-3;. The van der Waals surface area contributed by atoms with Crippen LogP contribution in [0, 0.1) is 30.4 Å². The van der Waals surface area contributed by atoms with Gasteiger partial charge in [0, 0.05) is 87.6 Å². The van der Waals surface area contributed by atoms with Gasteiger partial charge in [-0.05, 0) is 106 Å². The molecule has 0 amide bonds. The average Bonchev–Trinajstić information content (AvgIpc) is 4.03. The van der Waals surface area contributed by atoms with E-state index in [0.29, 0.717) is 17.1 Å². The minimum atomic E-state index is -0.602. The van der Waals surface area contributed by atoms with Gasteiger partial charge < -0.3 is 19.1 Å².